The predicted octanol–water partition coefficient (Wildman–Crippen LogP) is 2.36. The van der Waals surface area contributed by atoms with E-state index in [1.165, 1.54) is 6.42 Å². The zero-order valence-corrected chi connectivity index (χ0v) is 8.75. The lowest BCUT2D eigenvalue weighted by Gasteiger charge is -2.27. The van der Waals surface area contributed by atoms with Gasteiger partial charge in [-0.3, -0.25) is 4.98 Å². The molecule has 1 fully saturated rings. The number of ether oxygens (including phenoxy) is 1. The van der Waals surface area contributed by atoms with Crippen molar-refractivity contribution in [2.45, 2.75) is 25.4 Å². The molecule has 0 aromatic carbocycles. The van der Waals surface area contributed by atoms with Gasteiger partial charge in [0, 0.05) is 6.20 Å². The summed E-state index contributed by atoms with van der Waals surface area (Å²) in [6.07, 6.45) is 7.18. The van der Waals surface area contributed by atoms with Crippen molar-refractivity contribution in [1.29, 1.82) is 0 Å². The molecule has 0 amide bonds. The number of halogens is 1. The van der Waals surface area contributed by atoms with Crippen molar-refractivity contribution >= 4 is 21.6 Å². The van der Waals surface area contributed by atoms with E-state index >= 15 is 0 Å². The smallest absolute Gasteiger partial charge is 0.159 e. The summed E-state index contributed by atoms with van der Waals surface area (Å²) in [4.78, 5) is 3.94. The highest BCUT2D eigenvalue weighted by atomic mass is 79.9. The van der Waals surface area contributed by atoms with Gasteiger partial charge in [0.05, 0.1) is 22.5 Å². The molecule has 1 aromatic rings. The van der Waals surface area contributed by atoms with Crippen molar-refractivity contribution in [3.05, 3.63) is 16.9 Å². The zero-order chi connectivity index (χ0) is 9.26. The minimum Gasteiger partial charge on any atom is -0.487 e. The third-order valence-electron chi connectivity index (χ3n) is 2.22. The molecule has 2 N–H and O–H groups in total. The highest BCUT2D eigenvalue weighted by molar-refractivity contribution is 9.10. The SMILES string of the molecule is Nc1cncc(Br)c1OC1CCC1. The van der Waals surface area contributed by atoms with Gasteiger partial charge in [-0.25, -0.2) is 0 Å². The predicted molar refractivity (Wildman–Crippen MR) is 54.6 cm³/mol. The molecule has 13 heavy (non-hydrogen) atoms. The molecule has 0 saturated heterocycles. The molecular formula is C9H11BrN2O. The Hall–Kier alpha value is -0.770. The zero-order valence-electron chi connectivity index (χ0n) is 7.16. The molecule has 4 heteroatoms. The Labute approximate surface area is 85.4 Å². The average molecular weight is 243 g/mol. The van der Waals surface area contributed by atoms with Crippen molar-refractivity contribution in [2.24, 2.45) is 0 Å². The fourth-order valence-corrected chi connectivity index (χ4v) is 1.66. The fourth-order valence-electron chi connectivity index (χ4n) is 1.22. The van der Waals surface area contributed by atoms with Crippen LogP contribution in [0.4, 0.5) is 5.69 Å². The van der Waals surface area contributed by atoms with Crippen molar-refractivity contribution in [3.63, 3.8) is 0 Å². The van der Waals surface area contributed by atoms with Crippen LogP contribution in [0.15, 0.2) is 16.9 Å². The van der Waals surface area contributed by atoms with Gasteiger partial charge in [0.2, 0.25) is 0 Å². The first-order chi connectivity index (χ1) is 6.27. The molecule has 1 aliphatic rings. The monoisotopic (exact) mass is 242 g/mol. The molecule has 1 saturated carbocycles. The van der Waals surface area contributed by atoms with E-state index in [9.17, 15) is 0 Å². The minimum atomic E-state index is 0.348. The summed E-state index contributed by atoms with van der Waals surface area (Å²) in [6.45, 7) is 0. The molecule has 0 radical (unpaired) electrons. The van der Waals surface area contributed by atoms with Gasteiger partial charge < -0.3 is 10.5 Å². The quantitative estimate of drug-likeness (QED) is 0.867. The number of hydrogen-bond acceptors (Lipinski definition) is 3. The number of nitrogens with zero attached hydrogens (tertiary/aromatic N) is 1. The van der Waals surface area contributed by atoms with Crippen LogP contribution in [0.2, 0.25) is 0 Å². The van der Waals surface area contributed by atoms with Crippen LogP contribution < -0.4 is 10.5 Å². The molecule has 70 valence electrons. The summed E-state index contributed by atoms with van der Waals surface area (Å²) in [7, 11) is 0. The Kier molecular flexibility index (Phi) is 2.40. The van der Waals surface area contributed by atoms with Crippen molar-refractivity contribution in [2.75, 3.05) is 5.73 Å². The Morgan fingerprint density at radius 2 is 2.23 bits per heavy atom. The first-order valence-corrected chi connectivity index (χ1v) is 5.12. The molecule has 0 atom stereocenters. The Balaban J connectivity index is 2.17. The van der Waals surface area contributed by atoms with Crippen LogP contribution in [0.1, 0.15) is 19.3 Å². The molecule has 1 heterocycles. The van der Waals surface area contributed by atoms with Crippen LogP contribution in [0.5, 0.6) is 5.75 Å². The molecule has 0 aliphatic heterocycles. The number of pyridine rings is 1. The third kappa shape index (κ3) is 1.77. The number of nitrogen functional groups attached to an aromatic ring is 1. The lowest BCUT2D eigenvalue weighted by molar-refractivity contribution is 0.120. The van der Waals surface area contributed by atoms with Gasteiger partial charge in [-0.05, 0) is 35.2 Å². The van der Waals surface area contributed by atoms with Crippen molar-refractivity contribution in [1.82, 2.24) is 4.98 Å². The average Bonchev–Trinajstić information content (AvgIpc) is 2.00. The lowest BCUT2D eigenvalue weighted by Crippen LogP contribution is -2.25. The third-order valence-corrected chi connectivity index (χ3v) is 2.78. The maximum absolute atomic E-state index is 5.73. The molecule has 0 bridgehead atoms. The number of aromatic nitrogens is 1. The number of nitrogens with two attached hydrogens (primary N) is 1. The molecular weight excluding hydrogens is 232 g/mol. The van der Waals surface area contributed by atoms with Crippen LogP contribution in [-0.2, 0) is 0 Å². The summed E-state index contributed by atoms with van der Waals surface area (Å²) >= 11 is 3.36. The second-order valence-corrected chi connectivity index (χ2v) is 4.06. The molecule has 2 rings (SSSR count). The maximum atomic E-state index is 5.73. The molecule has 0 spiro atoms. The van der Waals surface area contributed by atoms with E-state index in [1.807, 2.05) is 0 Å². The van der Waals surface area contributed by atoms with Crippen LogP contribution in [0.3, 0.4) is 0 Å². The highest BCUT2D eigenvalue weighted by Gasteiger charge is 2.21. The summed E-state index contributed by atoms with van der Waals surface area (Å²) in [5.41, 5.74) is 6.33. The Morgan fingerprint density at radius 3 is 2.77 bits per heavy atom. The van der Waals surface area contributed by atoms with Gasteiger partial charge in [0.25, 0.3) is 0 Å². The van der Waals surface area contributed by atoms with Gasteiger partial charge in [-0.1, -0.05) is 0 Å². The maximum Gasteiger partial charge on any atom is 0.159 e. The standard InChI is InChI=1S/C9H11BrN2O/c10-7-4-12-5-8(11)9(7)13-6-2-1-3-6/h4-6H,1-3,11H2. The Morgan fingerprint density at radius 1 is 1.46 bits per heavy atom. The van der Waals surface area contributed by atoms with E-state index in [0.29, 0.717) is 11.8 Å². The summed E-state index contributed by atoms with van der Waals surface area (Å²) in [5, 5.41) is 0. The molecule has 3 nitrogen and oxygen atoms in total. The number of rotatable bonds is 2. The topological polar surface area (TPSA) is 48.1 Å². The fraction of sp³-hybridized carbons (Fsp3) is 0.444. The summed E-state index contributed by atoms with van der Waals surface area (Å²) in [6, 6.07) is 0. The van der Waals surface area contributed by atoms with Crippen LogP contribution in [-0.4, -0.2) is 11.1 Å². The van der Waals surface area contributed by atoms with Crippen LogP contribution in [0.25, 0.3) is 0 Å². The van der Waals surface area contributed by atoms with Crippen LogP contribution >= 0.6 is 15.9 Å². The van der Waals surface area contributed by atoms with Gasteiger partial charge in [-0.2, -0.15) is 0 Å². The largest absolute Gasteiger partial charge is 0.487 e. The first-order valence-electron chi connectivity index (χ1n) is 4.33. The van der Waals surface area contributed by atoms with Crippen molar-refractivity contribution in [3.8, 4) is 5.75 Å². The highest BCUT2D eigenvalue weighted by Crippen LogP contribution is 2.34. The molecule has 0 unspecified atom stereocenters. The first kappa shape index (κ1) is 8.81. The van der Waals surface area contributed by atoms with E-state index in [4.69, 9.17) is 10.5 Å². The van der Waals surface area contributed by atoms with E-state index in [2.05, 4.69) is 20.9 Å². The van der Waals surface area contributed by atoms with Gasteiger partial charge in [0.15, 0.2) is 5.75 Å². The lowest BCUT2D eigenvalue weighted by atomic mass is 9.96. The minimum absolute atomic E-state index is 0.348. The summed E-state index contributed by atoms with van der Waals surface area (Å²) in [5.74, 6) is 0.736. The normalized spacial score (nSPS) is 16.7. The van der Waals surface area contributed by atoms with E-state index in [1.54, 1.807) is 12.4 Å². The second kappa shape index (κ2) is 3.54. The molecule has 1 aromatic heterocycles. The van der Waals surface area contributed by atoms with Gasteiger partial charge in [-0.15, -0.1) is 0 Å². The van der Waals surface area contributed by atoms with E-state index < -0.39 is 0 Å². The Bertz CT molecular complexity index is 292. The van der Waals surface area contributed by atoms with Gasteiger partial charge >= 0.3 is 0 Å². The summed E-state index contributed by atoms with van der Waals surface area (Å²) < 4.78 is 6.53. The van der Waals surface area contributed by atoms with Crippen LogP contribution in [0, 0.1) is 0 Å². The van der Waals surface area contributed by atoms with E-state index in [-0.39, 0.29) is 0 Å². The second-order valence-electron chi connectivity index (χ2n) is 3.21. The van der Waals surface area contributed by atoms with E-state index in [0.717, 1.165) is 23.1 Å². The molecule has 1 aliphatic carbocycles. The number of anilines is 1. The van der Waals surface area contributed by atoms with Gasteiger partial charge in [0.1, 0.15) is 0 Å². The van der Waals surface area contributed by atoms with Crippen molar-refractivity contribution < 1.29 is 4.74 Å². The number of hydrogen-bond donors (Lipinski definition) is 1.